The highest BCUT2D eigenvalue weighted by molar-refractivity contribution is 7.74. The van der Waals surface area contributed by atoms with E-state index in [1.165, 1.54) is 0 Å². The van der Waals surface area contributed by atoms with E-state index in [1.807, 2.05) is 146 Å². The van der Waals surface area contributed by atoms with Crippen LogP contribution in [0, 0.1) is 0 Å². The summed E-state index contributed by atoms with van der Waals surface area (Å²) in [6.45, 7) is 0.0946. The van der Waals surface area contributed by atoms with E-state index < -0.39 is 20.2 Å². The molecule has 0 bridgehead atoms. The molecule has 1 aliphatic carbocycles. The summed E-state index contributed by atoms with van der Waals surface area (Å²) in [5.74, 6) is 0. The van der Waals surface area contributed by atoms with Crippen molar-refractivity contribution in [3.8, 4) is 11.1 Å². The van der Waals surface area contributed by atoms with E-state index in [9.17, 15) is 0 Å². The van der Waals surface area contributed by atoms with Crippen molar-refractivity contribution in [1.29, 1.82) is 0 Å². The van der Waals surface area contributed by atoms with Crippen LogP contribution >= 0.6 is 14.7 Å². The Bertz CT molecular complexity index is 1780. The van der Waals surface area contributed by atoms with Crippen LogP contribution in [0.3, 0.4) is 0 Å². The molecular weight excluding hydrogens is 594 g/mol. The van der Waals surface area contributed by atoms with Gasteiger partial charge in [-0.25, -0.2) is 0 Å². The van der Waals surface area contributed by atoms with Gasteiger partial charge < -0.3 is 9.05 Å². The molecule has 222 valence electrons. The maximum absolute atomic E-state index is 15.1. The molecule has 0 spiro atoms. The molecule has 6 aromatic carbocycles. The van der Waals surface area contributed by atoms with E-state index in [2.05, 4.69) is 24.3 Å². The SMILES string of the molecule is O=P(OCC1(COP(=O)(c2ccccc2)c2ccccc2)c2ccccc2-c2ccccc21)(c1ccccc1)c1ccccc1. The average molecular weight is 627 g/mol. The van der Waals surface area contributed by atoms with Crippen molar-refractivity contribution >= 4 is 36.0 Å². The van der Waals surface area contributed by atoms with Gasteiger partial charge in [0.1, 0.15) is 0 Å². The van der Waals surface area contributed by atoms with Crippen molar-refractivity contribution in [2.24, 2.45) is 0 Å². The predicted octanol–water partition coefficient (Wildman–Crippen LogP) is 7.84. The Morgan fingerprint density at radius 1 is 0.378 bits per heavy atom. The monoisotopic (exact) mass is 626 g/mol. The average Bonchev–Trinajstić information content (AvgIpc) is 3.41. The van der Waals surface area contributed by atoms with Gasteiger partial charge in [-0.2, -0.15) is 0 Å². The summed E-state index contributed by atoms with van der Waals surface area (Å²) >= 11 is 0. The Morgan fingerprint density at radius 3 is 0.956 bits per heavy atom. The molecule has 0 saturated carbocycles. The molecule has 0 heterocycles. The second-order valence-corrected chi connectivity index (χ2v) is 16.0. The zero-order valence-electron chi connectivity index (χ0n) is 24.6. The van der Waals surface area contributed by atoms with E-state index in [4.69, 9.17) is 9.05 Å². The largest absolute Gasteiger partial charge is 0.321 e. The molecule has 45 heavy (non-hydrogen) atoms. The van der Waals surface area contributed by atoms with Crippen LogP contribution in [-0.4, -0.2) is 13.2 Å². The van der Waals surface area contributed by atoms with E-state index in [0.29, 0.717) is 21.2 Å². The van der Waals surface area contributed by atoms with Gasteiger partial charge in [0.05, 0.1) is 18.6 Å². The highest BCUT2D eigenvalue weighted by Gasteiger charge is 2.47. The predicted molar refractivity (Wildman–Crippen MR) is 184 cm³/mol. The Hall–Kier alpha value is -4.30. The van der Waals surface area contributed by atoms with Crippen molar-refractivity contribution in [2.45, 2.75) is 5.41 Å². The minimum Gasteiger partial charge on any atom is -0.321 e. The summed E-state index contributed by atoms with van der Waals surface area (Å²) in [6.07, 6.45) is 0. The molecule has 0 unspecified atom stereocenters. The van der Waals surface area contributed by atoms with Crippen LogP contribution in [0.1, 0.15) is 11.1 Å². The van der Waals surface area contributed by atoms with Crippen molar-refractivity contribution in [1.82, 2.24) is 0 Å². The lowest BCUT2D eigenvalue weighted by atomic mass is 9.80. The Kier molecular flexibility index (Phi) is 8.00. The van der Waals surface area contributed by atoms with Gasteiger partial charge in [0.25, 0.3) is 14.7 Å². The summed E-state index contributed by atoms with van der Waals surface area (Å²) in [5, 5.41) is 2.47. The molecule has 0 N–H and O–H groups in total. The highest BCUT2D eigenvalue weighted by Crippen LogP contribution is 2.55. The molecule has 1 aliphatic rings. The minimum absolute atomic E-state index is 0.0473. The number of hydrogen-bond donors (Lipinski definition) is 0. The first-order valence-electron chi connectivity index (χ1n) is 15.0. The smallest absolute Gasteiger partial charge is 0.261 e. The maximum atomic E-state index is 15.1. The number of hydrogen-bond acceptors (Lipinski definition) is 4. The second kappa shape index (κ2) is 12.2. The summed E-state index contributed by atoms with van der Waals surface area (Å²) < 4.78 is 43.7. The summed E-state index contributed by atoms with van der Waals surface area (Å²) in [6, 6.07) is 53.9. The van der Waals surface area contributed by atoms with Gasteiger partial charge in [0.15, 0.2) is 0 Å². The van der Waals surface area contributed by atoms with E-state index in [-0.39, 0.29) is 13.2 Å². The van der Waals surface area contributed by atoms with Gasteiger partial charge in [0.2, 0.25) is 0 Å². The molecule has 7 rings (SSSR count). The van der Waals surface area contributed by atoms with Crippen LogP contribution in [0.25, 0.3) is 11.1 Å². The van der Waals surface area contributed by atoms with E-state index in [0.717, 1.165) is 22.3 Å². The van der Waals surface area contributed by atoms with Gasteiger partial charge in [-0.1, -0.05) is 121 Å². The van der Waals surface area contributed by atoms with Crippen molar-refractivity contribution < 1.29 is 18.2 Å². The number of benzene rings is 6. The molecule has 4 nitrogen and oxygen atoms in total. The molecular formula is C39H32O4P2. The standard InChI is InChI=1S/C39H32O4P2/c40-44(31-17-5-1-6-18-31,32-19-7-2-8-20-32)42-29-39(37-27-15-13-25-35(37)36-26-14-16-28-38(36)39)30-43-45(41,33-21-9-3-10-22-33)34-23-11-4-12-24-34/h1-28H,29-30H2. The van der Waals surface area contributed by atoms with Crippen LogP contribution in [0.5, 0.6) is 0 Å². The molecule has 0 fully saturated rings. The first-order chi connectivity index (χ1) is 22.0. The van der Waals surface area contributed by atoms with Crippen LogP contribution in [0.15, 0.2) is 170 Å². The third kappa shape index (κ3) is 5.25. The summed E-state index contributed by atoms with van der Waals surface area (Å²) in [5.41, 5.74) is 3.21. The molecule has 0 saturated heterocycles. The highest BCUT2D eigenvalue weighted by atomic mass is 31.2. The first-order valence-corrected chi connectivity index (χ1v) is 18.2. The zero-order chi connectivity index (χ0) is 30.7. The Balaban J connectivity index is 1.37. The Morgan fingerprint density at radius 2 is 0.644 bits per heavy atom. The molecule has 0 atom stereocenters. The van der Waals surface area contributed by atoms with E-state index >= 15 is 9.13 Å². The van der Waals surface area contributed by atoms with E-state index in [1.54, 1.807) is 0 Å². The lowest BCUT2D eigenvalue weighted by molar-refractivity contribution is 0.182. The van der Waals surface area contributed by atoms with Crippen molar-refractivity contribution in [2.75, 3.05) is 13.2 Å². The number of rotatable bonds is 10. The van der Waals surface area contributed by atoms with Crippen molar-refractivity contribution in [3.63, 3.8) is 0 Å². The molecule has 6 aromatic rings. The lowest BCUT2D eigenvalue weighted by Crippen LogP contribution is -2.38. The third-order valence-corrected chi connectivity index (χ3v) is 13.4. The van der Waals surface area contributed by atoms with Gasteiger partial charge in [-0.15, -0.1) is 0 Å². The summed E-state index contributed by atoms with van der Waals surface area (Å²) in [7, 11) is -7.10. The van der Waals surface area contributed by atoms with Gasteiger partial charge in [-0.3, -0.25) is 9.13 Å². The molecule has 0 radical (unpaired) electrons. The molecule has 0 amide bonds. The quantitative estimate of drug-likeness (QED) is 0.145. The van der Waals surface area contributed by atoms with Crippen LogP contribution in [-0.2, 0) is 23.6 Å². The third-order valence-electron chi connectivity index (χ3n) is 8.55. The van der Waals surface area contributed by atoms with Crippen LogP contribution in [0.2, 0.25) is 0 Å². The van der Waals surface area contributed by atoms with Crippen LogP contribution in [0.4, 0.5) is 0 Å². The Labute approximate surface area is 264 Å². The fraction of sp³-hybridized carbons (Fsp3) is 0.0769. The number of fused-ring (bicyclic) bond motifs is 3. The maximum Gasteiger partial charge on any atom is 0.261 e. The summed E-state index contributed by atoms with van der Waals surface area (Å²) in [4.78, 5) is 0. The normalized spacial score (nSPS) is 13.6. The zero-order valence-corrected chi connectivity index (χ0v) is 26.4. The first kappa shape index (κ1) is 29.4. The van der Waals surface area contributed by atoms with Crippen molar-refractivity contribution in [3.05, 3.63) is 181 Å². The van der Waals surface area contributed by atoms with Crippen LogP contribution < -0.4 is 21.2 Å². The second-order valence-electron chi connectivity index (χ2n) is 11.2. The van der Waals surface area contributed by atoms with Gasteiger partial charge in [0, 0.05) is 21.2 Å². The lowest BCUT2D eigenvalue weighted by Gasteiger charge is -2.35. The molecule has 0 aromatic heterocycles. The molecule has 6 heteroatoms. The fourth-order valence-electron chi connectivity index (χ4n) is 6.26. The molecule has 0 aliphatic heterocycles. The van der Waals surface area contributed by atoms with Gasteiger partial charge >= 0.3 is 0 Å². The topological polar surface area (TPSA) is 52.6 Å². The fourth-order valence-corrected chi connectivity index (χ4v) is 10.5. The van der Waals surface area contributed by atoms with Gasteiger partial charge in [-0.05, 0) is 70.8 Å². The minimum atomic E-state index is -3.55.